The lowest BCUT2D eigenvalue weighted by Gasteiger charge is -2.48. The van der Waals surface area contributed by atoms with Gasteiger partial charge >= 0.3 is 0 Å². The lowest BCUT2D eigenvalue weighted by Crippen LogP contribution is -2.65. The van der Waals surface area contributed by atoms with Gasteiger partial charge in [0.1, 0.15) is 0 Å². The molecule has 0 saturated carbocycles. The standard InChI is InChI=1S/C98H70B2N6/c1-63-53-69-31-17-19-33-71(69)55-89(63)106(90-56-72-34-20-18-32-70(72)54-64(90)2)78-59-94-98-96(60-78)104(76-41-15-8-16-42-76)92-62-91-83(61-84(92)100(98)82-46-26-28-48-88(82)102(94)74-37-11-6-12-38-74)99-81-45-25-27-47-87(81)101(73-35-9-5-10-36-73)93-57-77(58-95(97(93)99)103(91)75-39-13-7-14-40-75)105(85-51-49-67-29-21-23-43-79(67)65(85)3)86-52-50-68-30-22-24-44-80(68)66(86)4/h5-62H,1-4H3. The highest BCUT2D eigenvalue weighted by molar-refractivity contribution is 7.03. The quantitative estimate of drug-likeness (QED) is 0.126. The molecule has 0 fully saturated rings. The first-order chi connectivity index (χ1) is 52.3. The fourth-order valence-corrected chi connectivity index (χ4v) is 18.3. The number of hydrogen-bond acceptors (Lipinski definition) is 6. The Hall–Kier alpha value is -13.3. The van der Waals surface area contributed by atoms with Gasteiger partial charge < -0.3 is 29.4 Å². The average Bonchev–Trinajstić information content (AvgIpc) is 0.683. The summed E-state index contributed by atoms with van der Waals surface area (Å²) in [5, 5.41) is 9.69. The molecule has 0 spiro atoms. The van der Waals surface area contributed by atoms with Crippen molar-refractivity contribution >= 4 is 192 Å². The van der Waals surface area contributed by atoms with Crippen LogP contribution in [0.4, 0.5) is 102 Å². The summed E-state index contributed by atoms with van der Waals surface area (Å²) in [5.41, 5.74) is 32.3. The third kappa shape index (κ3) is 9.40. The first kappa shape index (κ1) is 61.4. The summed E-state index contributed by atoms with van der Waals surface area (Å²) in [7, 11) is 0. The summed E-state index contributed by atoms with van der Waals surface area (Å²) in [5.74, 6) is 0. The van der Waals surface area contributed by atoms with Crippen LogP contribution >= 0.6 is 0 Å². The summed E-state index contributed by atoms with van der Waals surface area (Å²) in [4.78, 5) is 15.5. The minimum Gasteiger partial charge on any atom is -0.311 e. The van der Waals surface area contributed by atoms with E-state index >= 15 is 0 Å². The van der Waals surface area contributed by atoms with E-state index in [1.807, 2.05) is 0 Å². The van der Waals surface area contributed by atoms with Gasteiger partial charge in [-0.3, -0.25) is 0 Å². The molecule has 4 aliphatic rings. The van der Waals surface area contributed by atoms with Gasteiger partial charge in [-0.25, -0.2) is 0 Å². The van der Waals surface area contributed by atoms with Gasteiger partial charge in [0.2, 0.25) is 0 Å². The summed E-state index contributed by atoms with van der Waals surface area (Å²) >= 11 is 0. The van der Waals surface area contributed by atoms with E-state index in [2.05, 4.69) is 409 Å². The van der Waals surface area contributed by atoms with Crippen LogP contribution in [0.1, 0.15) is 22.3 Å². The van der Waals surface area contributed by atoms with Gasteiger partial charge in [-0.1, -0.05) is 224 Å². The van der Waals surface area contributed by atoms with Gasteiger partial charge in [0.15, 0.2) is 0 Å². The predicted molar refractivity (Wildman–Crippen MR) is 453 cm³/mol. The SMILES string of the molecule is Cc1cc2ccccc2cc1N(c1cc2c3c(c1)N(c1ccccc1)c1cc4c(cc1B3c1ccccc1N2c1ccccc1)B1c2ccccc2N(c2ccccc2)c2cc(N(c3ccc5ccccc5c3C)c3ccc5ccccc5c3C)cc(c21)N4c1ccccc1)c1cc2ccccc2cc1C. The van der Waals surface area contributed by atoms with E-state index in [0.29, 0.717) is 0 Å². The molecule has 6 nitrogen and oxygen atoms in total. The second kappa shape index (κ2) is 24.2. The Kier molecular flexibility index (Phi) is 14.0. The van der Waals surface area contributed by atoms with E-state index in [1.54, 1.807) is 0 Å². The molecule has 0 atom stereocenters. The smallest absolute Gasteiger partial charge is 0.252 e. The topological polar surface area (TPSA) is 19.4 Å². The largest absolute Gasteiger partial charge is 0.311 e. The lowest BCUT2D eigenvalue weighted by molar-refractivity contribution is 1.20. The second-order valence-electron chi connectivity index (χ2n) is 28.9. The second-order valence-corrected chi connectivity index (χ2v) is 28.9. The Morgan fingerprint density at radius 2 is 0.519 bits per heavy atom. The maximum Gasteiger partial charge on any atom is 0.252 e. The Bertz CT molecular complexity index is 6060. The van der Waals surface area contributed by atoms with E-state index in [0.717, 1.165) is 102 Å². The predicted octanol–water partition coefficient (Wildman–Crippen LogP) is 22.6. The van der Waals surface area contributed by atoms with Crippen molar-refractivity contribution in [3.05, 3.63) is 374 Å². The average molecular weight is 1350 g/mol. The molecule has 498 valence electrons. The van der Waals surface area contributed by atoms with E-state index in [-0.39, 0.29) is 13.4 Å². The van der Waals surface area contributed by atoms with Crippen LogP contribution in [0.3, 0.4) is 0 Å². The Balaban J connectivity index is 0.880. The van der Waals surface area contributed by atoms with Gasteiger partial charge in [-0.2, -0.15) is 0 Å². The number of fused-ring (bicyclic) bond motifs is 12. The zero-order chi connectivity index (χ0) is 70.4. The third-order valence-corrected chi connectivity index (χ3v) is 23.0. The number of benzene rings is 17. The molecule has 4 aliphatic heterocycles. The maximum absolute atomic E-state index is 2.66. The molecule has 0 aromatic heterocycles. The normalized spacial score (nSPS) is 13.0. The van der Waals surface area contributed by atoms with Crippen molar-refractivity contribution in [3.8, 4) is 0 Å². The van der Waals surface area contributed by atoms with Gasteiger partial charge in [0.25, 0.3) is 13.4 Å². The molecule has 17 aromatic rings. The molecule has 0 unspecified atom stereocenters. The highest BCUT2D eigenvalue weighted by Gasteiger charge is 2.49. The molecule has 0 saturated heterocycles. The number of hydrogen-bond donors (Lipinski definition) is 0. The highest BCUT2D eigenvalue weighted by Crippen LogP contribution is 2.54. The van der Waals surface area contributed by atoms with Crippen LogP contribution in [-0.2, 0) is 0 Å². The summed E-state index contributed by atoms with van der Waals surface area (Å²) < 4.78 is 0. The summed E-state index contributed by atoms with van der Waals surface area (Å²) in [6.45, 7) is 8.77. The molecule has 8 heteroatoms. The number of nitrogens with zero attached hydrogens (tertiary/aromatic N) is 6. The molecule has 106 heavy (non-hydrogen) atoms. The van der Waals surface area contributed by atoms with Crippen LogP contribution in [0.5, 0.6) is 0 Å². The number of para-hydroxylation sites is 6. The first-order valence-electron chi connectivity index (χ1n) is 37.0. The molecule has 17 aromatic carbocycles. The van der Waals surface area contributed by atoms with Gasteiger partial charge in [-0.05, 0) is 253 Å². The van der Waals surface area contributed by atoms with Crippen LogP contribution in [-0.4, -0.2) is 13.4 Å². The monoisotopic (exact) mass is 1350 g/mol. The summed E-state index contributed by atoms with van der Waals surface area (Å²) in [6.07, 6.45) is 0. The fraction of sp³-hybridized carbons (Fsp3) is 0.0408. The molecule has 21 rings (SSSR count). The van der Waals surface area contributed by atoms with Crippen LogP contribution in [0.25, 0.3) is 43.1 Å². The summed E-state index contributed by atoms with van der Waals surface area (Å²) in [6, 6.07) is 132. The molecule has 0 bridgehead atoms. The zero-order valence-electron chi connectivity index (χ0n) is 59.3. The van der Waals surface area contributed by atoms with Crippen molar-refractivity contribution < 1.29 is 0 Å². The Morgan fingerprint density at radius 3 is 0.896 bits per heavy atom. The van der Waals surface area contributed by atoms with Crippen LogP contribution in [0.2, 0.25) is 0 Å². The minimum absolute atomic E-state index is 0.203. The van der Waals surface area contributed by atoms with E-state index in [9.17, 15) is 0 Å². The lowest BCUT2D eigenvalue weighted by atomic mass is 9.30. The van der Waals surface area contributed by atoms with E-state index in [4.69, 9.17) is 0 Å². The van der Waals surface area contributed by atoms with Crippen molar-refractivity contribution in [2.45, 2.75) is 27.7 Å². The van der Waals surface area contributed by atoms with Crippen molar-refractivity contribution in [3.63, 3.8) is 0 Å². The number of anilines is 18. The molecule has 0 aliphatic carbocycles. The molecular weight excluding hydrogens is 1280 g/mol. The highest BCUT2D eigenvalue weighted by atomic mass is 15.2. The molecule has 4 heterocycles. The van der Waals surface area contributed by atoms with Crippen molar-refractivity contribution in [1.29, 1.82) is 0 Å². The van der Waals surface area contributed by atoms with Crippen molar-refractivity contribution in [1.82, 2.24) is 0 Å². The number of rotatable bonds is 10. The molecular formula is C98H70B2N6. The molecule has 0 amide bonds. The van der Waals surface area contributed by atoms with E-state index in [1.165, 1.54) is 98.1 Å². The van der Waals surface area contributed by atoms with Crippen LogP contribution < -0.4 is 62.2 Å². The Morgan fingerprint density at radius 1 is 0.217 bits per heavy atom. The van der Waals surface area contributed by atoms with Crippen LogP contribution in [0.15, 0.2) is 352 Å². The third-order valence-electron chi connectivity index (χ3n) is 23.0. The van der Waals surface area contributed by atoms with Gasteiger partial charge in [-0.15, -0.1) is 0 Å². The van der Waals surface area contributed by atoms with Gasteiger partial charge in [0, 0.05) is 91.0 Å². The van der Waals surface area contributed by atoms with Gasteiger partial charge in [0.05, 0.1) is 11.4 Å². The maximum atomic E-state index is 2.66. The Labute approximate surface area is 618 Å². The molecule has 0 N–H and O–H groups in total. The number of aryl methyl sites for hydroxylation is 4. The van der Waals surface area contributed by atoms with Crippen molar-refractivity contribution in [2.24, 2.45) is 0 Å². The minimum atomic E-state index is -0.203. The fourth-order valence-electron chi connectivity index (χ4n) is 18.3. The van der Waals surface area contributed by atoms with E-state index < -0.39 is 0 Å². The van der Waals surface area contributed by atoms with Crippen LogP contribution in [0, 0.1) is 27.7 Å². The molecule has 0 radical (unpaired) electrons. The van der Waals surface area contributed by atoms with Crippen molar-refractivity contribution in [2.75, 3.05) is 29.4 Å². The first-order valence-corrected chi connectivity index (χ1v) is 37.0. The zero-order valence-corrected chi connectivity index (χ0v) is 59.3.